The van der Waals surface area contributed by atoms with Gasteiger partial charge in [0.2, 0.25) is 0 Å². The first-order chi connectivity index (χ1) is 6.75. The van der Waals surface area contributed by atoms with Crippen LogP contribution in [-0.2, 0) is 6.42 Å². The van der Waals surface area contributed by atoms with Crippen LogP contribution in [0.1, 0.15) is 5.56 Å². The van der Waals surface area contributed by atoms with Crippen LogP contribution in [0.5, 0.6) is 11.5 Å². The monoisotopic (exact) mass is 228 g/mol. The molecule has 1 heterocycles. The average molecular weight is 229 g/mol. The van der Waals surface area contributed by atoms with Crippen molar-refractivity contribution < 1.29 is 10.2 Å². The average Bonchev–Trinajstić information content (AvgIpc) is 2.64. The Hall–Kier alpha value is -1.42. The van der Waals surface area contributed by atoms with E-state index in [1.54, 1.807) is 12.1 Å². The Morgan fingerprint density at radius 1 is 1.27 bits per heavy atom. The molecular formula is C10H13ClN2O2. The number of nitrogens with zero attached hydrogens (tertiary/aromatic N) is 1. The van der Waals surface area contributed by atoms with Crippen LogP contribution < -0.4 is 5.32 Å². The molecule has 0 spiro atoms. The van der Waals surface area contributed by atoms with Gasteiger partial charge in [-0.25, -0.2) is 0 Å². The van der Waals surface area contributed by atoms with Gasteiger partial charge in [0.05, 0.1) is 6.54 Å². The number of phenols is 2. The molecule has 1 aromatic carbocycles. The Morgan fingerprint density at radius 2 is 2.07 bits per heavy atom. The molecule has 0 unspecified atom stereocenters. The van der Waals surface area contributed by atoms with Crippen LogP contribution in [0.2, 0.25) is 0 Å². The second kappa shape index (κ2) is 4.89. The molecule has 1 aromatic rings. The van der Waals surface area contributed by atoms with Crippen molar-refractivity contribution in [1.29, 1.82) is 0 Å². The number of benzene rings is 1. The lowest BCUT2D eigenvalue weighted by Gasteiger charge is -2.04. The first kappa shape index (κ1) is 11.7. The lowest BCUT2D eigenvalue weighted by Crippen LogP contribution is -2.20. The van der Waals surface area contributed by atoms with Gasteiger partial charge >= 0.3 is 0 Å². The van der Waals surface area contributed by atoms with Crippen molar-refractivity contribution in [3.63, 3.8) is 0 Å². The molecule has 4 nitrogen and oxygen atoms in total. The molecule has 0 atom stereocenters. The fourth-order valence-electron chi connectivity index (χ4n) is 1.44. The van der Waals surface area contributed by atoms with Gasteiger partial charge in [-0.1, -0.05) is 6.07 Å². The van der Waals surface area contributed by atoms with Crippen molar-refractivity contribution >= 4 is 18.2 Å². The fraction of sp³-hybridized carbons (Fsp3) is 0.300. The Labute approximate surface area is 94.1 Å². The first-order valence-corrected chi connectivity index (χ1v) is 4.54. The fourth-order valence-corrected chi connectivity index (χ4v) is 1.44. The Kier molecular flexibility index (Phi) is 3.80. The molecule has 0 radical (unpaired) electrons. The number of hydrogen-bond donors (Lipinski definition) is 3. The van der Waals surface area contributed by atoms with E-state index in [1.165, 1.54) is 6.07 Å². The number of nitrogens with one attached hydrogen (secondary N) is 1. The molecule has 0 saturated heterocycles. The summed E-state index contributed by atoms with van der Waals surface area (Å²) in [5, 5.41) is 21.5. The van der Waals surface area contributed by atoms with Crippen LogP contribution in [0.3, 0.4) is 0 Å². The maximum atomic E-state index is 9.26. The number of phenolic OH excluding ortho intramolecular Hbond substituents is 2. The van der Waals surface area contributed by atoms with Crippen molar-refractivity contribution in [3.05, 3.63) is 23.8 Å². The smallest absolute Gasteiger partial charge is 0.157 e. The summed E-state index contributed by atoms with van der Waals surface area (Å²) in [6.45, 7) is 1.71. The van der Waals surface area contributed by atoms with Crippen LogP contribution >= 0.6 is 12.4 Å². The number of hydrogen-bond acceptors (Lipinski definition) is 4. The van der Waals surface area contributed by atoms with Gasteiger partial charge in [-0.2, -0.15) is 0 Å². The van der Waals surface area contributed by atoms with E-state index < -0.39 is 0 Å². The van der Waals surface area contributed by atoms with Crippen molar-refractivity contribution in [3.8, 4) is 11.5 Å². The lowest BCUT2D eigenvalue weighted by atomic mass is 10.1. The van der Waals surface area contributed by atoms with E-state index >= 15 is 0 Å². The molecule has 0 bridgehead atoms. The number of halogens is 1. The number of aromatic hydroxyl groups is 2. The quantitative estimate of drug-likeness (QED) is 0.664. The van der Waals surface area contributed by atoms with Crippen LogP contribution in [0.15, 0.2) is 23.2 Å². The van der Waals surface area contributed by atoms with Gasteiger partial charge in [-0.05, 0) is 17.7 Å². The summed E-state index contributed by atoms with van der Waals surface area (Å²) < 4.78 is 0. The summed E-state index contributed by atoms with van der Waals surface area (Å²) >= 11 is 0. The summed E-state index contributed by atoms with van der Waals surface area (Å²) in [5.41, 5.74) is 0.938. The molecule has 0 amide bonds. The SMILES string of the molecule is Cl.Oc1ccc(CC2=NCCN2)cc1O. The highest BCUT2D eigenvalue weighted by atomic mass is 35.5. The minimum atomic E-state index is -0.0879. The zero-order chi connectivity index (χ0) is 9.97. The van der Waals surface area contributed by atoms with Gasteiger partial charge in [0.1, 0.15) is 5.84 Å². The van der Waals surface area contributed by atoms with E-state index in [1.807, 2.05) is 0 Å². The highest BCUT2D eigenvalue weighted by Crippen LogP contribution is 2.25. The van der Waals surface area contributed by atoms with Gasteiger partial charge in [-0.3, -0.25) is 4.99 Å². The van der Waals surface area contributed by atoms with Crippen molar-refractivity contribution in [2.45, 2.75) is 6.42 Å². The summed E-state index contributed by atoms with van der Waals surface area (Å²) in [5.74, 6) is 0.770. The normalized spacial score (nSPS) is 14.0. The lowest BCUT2D eigenvalue weighted by molar-refractivity contribution is 0.403. The minimum absolute atomic E-state index is 0. The van der Waals surface area contributed by atoms with Gasteiger partial charge in [0.25, 0.3) is 0 Å². The van der Waals surface area contributed by atoms with Crippen molar-refractivity contribution in [2.75, 3.05) is 13.1 Å². The zero-order valence-electron chi connectivity index (χ0n) is 8.10. The second-order valence-corrected chi connectivity index (χ2v) is 3.26. The molecule has 0 fully saturated rings. The Bertz CT molecular complexity index is 380. The molecule has 0 aliphatic carbocycles. The van der Waals surface area contributed by atoms with E-state index in [0.29, 0.717) is 6.42 Å². The molecular weight excluding hydrogens is 216 g/mol. The molecule has 15 heavy (non-hydrogen) atoms. The minimum Gasteiger partial charge on any atom is -0.504 e. The van der Waals surface area contributed by atoms with Crippen molar-refractivity contribution in [1.82, 2.24) is 5.32 Å². The third-order valence-electron chi connectivity index (χ3n) is 2.15. The van der Waals surface area contributed by atoms with Gasteiger partial charge in [0, 0.05) is 13.0 Å². The second-order valence-electron chi connectivity index (χ2n) is 3.26. The zero-order valence-corrected chi connectivity index (χ0v) is 8.92. The molecule has 1 aliphatic heterocycles. The predicted molar refractivity (Wildman–Crippen MR) is 61.0 cm³/mol. The van der Waals surface area contributed by atoms with Crippen LogP contribution in [0.25, 0.3) is 0 Å². The summed E-state index contributed by atoms with van der Waals surface area (Å²) in [7, 11) is 0. The first-order valence-electron chi connectivity index (χ1n) is 4.54. The number of aliphatic imine (C=N–C) groups is 1. The molecule has 82 valence electrons. The molecule has 0 saturated carbocycles. The van der Waals surface area contributed by atoms with Gasteiger partial charge < -0.3 is 15.5 Å². The summed E-state index contributed by atoms with van der Waals surface area (Å²) in [6, 6.07) is 4.82. The molecule has 2 rings (SSSR count). The molecule has 5 heteroatoms. The highest BCUT2D eigenvalue weighted by molar-refractivity contribution is 5.86. The maximum absolute atomic E-state index is 9.26. The number of rotatable bonds is 2. The Balaban J connectivity index is 0.00000112. The maximum Gasteiger partial charge on any atom is 0.157 e. The molecule has 3 N–H and O–H groups in total. The van der Waals surface area contributed by atoms with Gasteiger partial charge in [-0.15, -0.1) is 12.4 Å². The number of amidine groups is 1. The molecule has 1 aliphatic rings. The topological polar surface area (TPSA) is 64.9 Å². The Morgan fingerprint density at radius 3 is 2.67 bits per heavy atom. The highest BCUT2D eigenvalue weighted by Gasteiger charge is 2.07. The standard InChI is InChI=1S/C10H12N2O2.ClH/c13-8-2-1-7(5-9(8)14)6-10-11-3-4-12-10;/h1-2,5,13-14H,3-4,6H2,(H,11,12);1H. The summed E-state index contributed by atoms with van der Waals surface area (Å²) in [6.07, 6.45) is 0.674. The van der Waals surface area contributed by atoms with E-state index in [0.717, 1.165) is 24.5 Å². The van der Waals surface area contributed by atoms with Crippen LogP contribution in [-0.4, -0.2) is 29.1 Å². The summed E-state index contributed by atoms with van der Waals surface area (Å²) in [4.78, 5) is 4.24. The van der Waals surface area contributed by atoms with E-state index in [2.05, 4.69) is 10.3 Å². The molecule has 0 aromatic heterocycles. The third kappa shape index (κ3) is 2.76. The van der Waals surface area contributed by atoms with E-state index in [9.17, 15) is 5.11 Å². The largest absolute Gasteiger partial charge is 0.504 e. The van der Waals surface area contributed by atoms with E-state index in [-0.39, 0.29) is 23.9 Å². The van der Waals surface area contributed by atoms with Crippen LogP contribution in [0, 0.1) is 0 Å². The predicted octanol–water partition coefficient (Wildman–Crippen LogP) is 1.06. The van der Waals surface area contributed by atoms with Crippen LogP contribution in [0.4, 0.5) is 0 Å². The van der Waals surface area contributed by atoms with Gasteiger partial charge in [0.15, 0.2) is 11.5 Å². The third-order valence-corrected chi connectivity index (χ3v) is 2.15. The van der Waals surface area contributed by atoms with E-state index in [4.69, 9.17) is 5.11 Å². The van der Waals surface area contributed by atoms with Crippen molar-refractivity contribution in [2.24, 2.45) is 4.99 Å².